The zero-order valence-corrected chi connectivity index (χ0v) is 19.2. The van der Waals surface area contributed by atoms with Gasteiger partial charge in [0.1, 0.15) is 6.54 Å². The van der Waals surface area contributed by atoms with E-state index in [2.05, 4.69) is 39.6 Å². The van der Waals surface area contributed by atoms with Crippen molar-refractivity contribution >= 4 is 52.9 Å². The van der Waals surface area contributed by atoms with E-state index in [1.54, 1.807) is 34.2 Å². The first kappa shape index (κ1) is 21.6. The average Bonchev–Trinajstić information content (AvgIpc) is 3.25. The van der Waals surface area contributed by atoms with Crippen molar-refractivity contribution in [1.82, 2.24) is 25.0 Å². The Kier molecular flexibility index (Phi) is 7.59. The van der Waals surface area contributed by atoms with Gasteiger partial charge < -0.3 is 15.1 Å². The summed E-state index contributed by atoms with van der Waals surface area (Å²) in [6.07, 6.45) is 3.57. The number of anilines is 1. The predicted molar refractivity (Wildman–Crippen MR) is 119 cm³/mol. The second kappa shape index (κ2) is 9.49. The van der Waals surface area contributed by atoms with E-state index < -0.39 is 0 Å². The van der Waals surface area contributed by atoms with Crippen molar-refractivity contribution in [2.45, 2.75) is 26.3 Å². The van der Waals surface area contributed by atoms with E-state index >= 15 is 0 Å². The highest BCUT2D eigenvalue weighted by molar-refractivity contribution is 14.0. The van der Waals surface area contributed by atoms with Crippen molar-refractivity contribution < 1.29 is 4.79 Å². The summed E-state index contributed by atoms with van der Waals surface area (Å²) >= 11 is 1.68. The highest BCUT2D eigenvalue weighted by Gasteiger charge is 2.27. The van der Waals surface area contributed by atoms with E-state index in [0.29, 0.717) is 32.1 Å². The minimum Gasteiger partial charge on any atom is -0.351 e. The number of aliphatic imine (C=N–C) groups is 1. The molecule has 0 atom stereocenters. The number of hydrogen-bond acceptors (Lipinski definition) is 5. The second-order valence-corrected chi connectivity index (χ2v) is 7.46. The zero-order chi connectivity index (χ0) is 18.7. The molecule has 0 aliphatic carbocycles. The molecule has 0 unspecified atom stereocenters. The molecule has 27 heavy (non-hydrogen) atoms. The Bertz CT molecular complexity index is 801. The molecular weight excluding hydrogens is 477 g/mol. The van der Waals surface area contributed by atoms with E-state index in [1.165, 1.54) is 0 Å². The van der Waals surface area contributed by atoms with Crippen LogP contribution in [0.4, 0.5) is 5.69 Å². The Hall–Kier alpha value is -1.69. The predicted octanol–water partition coefficient (Wildman–Crippen LogP) is 2.04. The molecule has 1 aliphatic rings. The van der Waals surface area contributed by atoms with E-state index in [1.807, 2.05) is 18.1 Å². The lowest BCUT2D eigenvalue weighted by atomic mass is 10.2. The van der Waals surface area contributed by atoms with Crippen LogP contribution in [0.1, 0.15) is 30.5 Å². The summed E-state index contributed by atoms with van der Waals surface area (Å²) in [4.78, 5) is 25.2. The van der Waals surface area contributed by atoms with E-state index in [9.17, 15) is 4.79 Å². The number of aryl methyl sites for hydroxylation is 1. The van der Waals surface area contributed by atoms with Crippen LogP contribution in [0.15, 0.2) is 22.8 Å². The maximum absolute atomic E-state index is 12.5. The fourth-order valence-electron chi connectivity index (χ4n) is 2.85. The fourth-order valence-corrected chi connectivity index (χ4v) is 3.68. The SMILES string of the molecule is CN=C(NCc1csc(C(C)C)n1)N1CCN(c2cnn(C)c2)C(=O)C1.I. The molecule has 0 aromatic carbocycles. The van der Waals surface area contributed by atoms with Crippen molar-refractivity contribution in [3.05, 3.63) is 28.5 Å². The van der Waals surface area contributed by atoms with Crippen molar-refractivity contribution in [3.63, 3.8) is 0 Å². The van der Waals surface area contributed by atoms with Gasteiger partial charge in [-0.25, -0.2) is 4.98 Å². The molecule has 3 rings (SSSR count). The number of carbonyl (C=O) groups excluding carboxylic acids is 1. The van der Waals surface area contributed by atoms with Gasteiger partial charge in [0.05, 0.1) is 29.1 Å². The third-order valence-electron chi connectivity index (χ3n) is 4.23. The largest absolute Gasteiger partial charge is 0.351 e. The van der Waals surface area contributed by atoms with Crippen LogP contribution in [0.2, 0.25) is 0 Å². The molecule has 1 aliphatic heterocycles. The molecule has 1 amide bonds. The molecule has 2 aromatic rings. The van der Waals surface area contributed by atoms with Crippen LogP contribution < -0.4 is 10.2 Å². The van der Waals surface area contributed by atoms with Crippen LogP contribution in [0.5, 0.6) is 0 Å². The number of nitrogens with zero attached hydrogens (tertiary/aromatic N) is 6. The number of hydrogen-bond donors (Lipinski definition) is 1. The number of amides is 1. The van der Waals surface area contributed by atoms with Crippen molar-refractivity contribution in [3.8, 4) is 0 Å². The van der Waals surface area contributed by atoms with E-state index in [-0.39, 0.29) is 29.9 Å². The van der Waals surface area contributed by atoms with Crippen LogP contribution in [0, 0.1) is 0 Å². The van der Waals surface area contributed by atoms with Crippen LogP contribution in [-0.4, -0.2) is 58.2 Å². The Morgan fingerprint density at radius 2 is 2.19 bits per heavy atom. The molecule has 0 saturated carbocycles. The van der Waals surface area contributed by atoms with Gasteiger partial charge in [-0.05, 0) is 0 Å². The number of halogens is 1. The maximum Gasteiger partial charge on any atom is 0.246 e. The first-order chi connectivity index (χ1) is 12.5. The summed E-state index contributed by atoms with van der Waals surface area (Å²) in [6, 6.07) is 0. The molecule has 1 saturated heterocycles. The fraction of sp³-hybridized carbons (Fsp3) is 0.529. The Balaban J connectivity index is 0.00000261. The van der Waals surface area contributed by atoms with Crippen LogP contribution >= 0.6 is 35.3 Å². The number of rotatable bonds is 4. The first-order valence-corrected chi connectivity index (χ1v) is 9.54. The molecule has 0 radical (unpaired) electrons. The molecule has 8 nitrogen and oxygen atoms in total. The first-order valence-electron chi connectivity index (χ1n) is 8.67. The third kappa shape index (κ3) is 5.18. The minimum atomic E-state index is 0. The number of aromatic nitrogens is 3. The number of carbonyl (C=O) groups is 1. The maximum atomic E-state index is 12.5. The molecule has 0 bridgehead atoms. The molecule has 1 fully saturated rings. The molecule has 1 N–H and O–H groups in total. The summed E-state index contributed by atoms with van der Waals surface area (Å²) in [7, 11) is 3.58. The monoisotopic (exact) mass is 503 g/mol. The molecule has 148 valence electrons. The summed E-state index contributed by atoms with van der Waals surface area (Å²) in [5.41, 5.74) is 1.84. The smallest absolute Gasteiger partial charge is 0.246 e. The lowest BCUT2D eigenvalue weighted by molar-refractivity contribution is -0.120. The number of nitrogens with one attached hydrogen (secondary N) is 1. The number of piperazine rings is 1. The van der Waals surface area contributed by atoms with Crippen molar-refractivity contribution in [1.29, 1.82) is 0 Å². The second-order valence-electron chi connectivity index (χ2n) is 6.57. The quantitative estimate of drug-likeness (QED) is 0.393. The highest BCUT2D eigenvalue weighted by Crippen LogP contribution is 2.19. The van der Waals surface area contributed by atoms with Crippen molar-refractivity contribution in [2.75, 3.05) is 31.6 Å². The van der Waals surface area contributed by atoms with Gasteiger partial charge in [-0.3, -0.25) is 14.5 Å². The Labute approximate surface area is 180 Å². The normalized spacial score (nSPS) is 15.3. The van der Waals surface area contributed by atoms with Gasteiger partial charge in [0, 0.05) is 44.7 Å². The summed E-state index contributed by atoms with van der Waals surface area (Å²) < 4.78 is 1.70. The van der Waals surface area contributed by atoms with Crippen LogP contribution in [0.3, 0.4) is 0 Å². The molecule has 10 heteroatoms. The van der Waals surface area contributed by atoms with E-state index in [0.717, 1.165) is 22.3 Å². The zero-order valence-electron chi connectivity index (χ0n) is 16.0. The summed E-state index contributed by atoms with van der Waals surface area (Å²) in [5.74, 6) is 1.21. The lowest BCUT2D eigenvalue weighted by Gasteiger charge is -2.35. The average molecular weight is 503 g/mol. The summed E-state index contributed by atoms with van der Waals surface area (Å²) in [5, 5.41) is 10.7. The Morgan fingerprint density at radius 3 is 2.74 bits per heavy atom. The van der Waals surface area contributed by atoms with Gasteiger partial charge in [-0.1, -0.05) is 13.8 Å². The molecular formula is C17H26IN7OS. The Morgan fingerprint density at radius 1 is 1.41 bits per heavy atom. The van der Waals surface area contributed by atoms with Gasteiger partial charge in [0.25, 0.3) is 0 Å². The van der Waals surface area contributed by atoms with Gasteiger partial charge in [0.15, 0.2) is 5.96 Å². The molecule has 2 aromatic heterocycles. The van der Waals surface area contributed by atoms with E-state index in [4.69, 9.17) is 0 Å². The highest BCUT2D eigenvalue weighted by atomic mass is 127. The van der Waals surface area contributed by atoms with Gasteiger partial charge >= 0.3 is 0 Å². The summed E-state index contributed by atoms with van der Waals surface area (Å²) in [6.45, 7) is 6.51. The number of thiazole rings is 1. The molecule has 0 spiro atoms. The number of guanidine groups is 1. The van der Waals surface area contributed by atoms with Crippen LogP contribution in [0.25, 0.3) is 0 Å². The van der Waals surface area contributed by atoms with Gasteiger partial charge in [-0.2, -0.15) is 5.10 Å². The lowest BCUT2D eigenvalue weighted by Crippen LogP contribution is -2.55. The van der Waals surface area contributed by atoms with Gasteiger partial charge in [0.2, 0.25) is 5.91 Å². The standard InChI is InChI=1S/C17H25N7OS.HI/c1-12(2)16-21-13(11-26-16)7-19-17(18-3)23-5-6-24(15(25)10-23)14-8-20-22(4)9-14;/h8-9,11-12H,5-7,10H2,1-4H3,(H,18,19);1H. The van der Waals surface area contributed by atoms with Crippen molar-refractivity contribution in [2.24, 2.45) is 12.0 Å². The minimum absolute atomic E-state index is 0. The molecule has 3 heterocycles. The third-order valence-corrected chi connectivity index (χ3v) is 5.42. The topological polar surface area (TPSA) is 78.7 Å². The van der Waals surface area contributed by atoms with Gasteiger partial charge in [-0.15, -0.1) is 35.3 Å². The van der Waals surface area contributed by atoms with Crippen LogP contribution in [-0.2, 0) is 18.4 Å².